The molecule has 1 fully saturated rings. The van der Waals surface area contributed by atoms with Gasteiger partial charge in [0, 0.05) is 24.3 Å². The number of nitriles is 1. The van der Waals surface area contributed by atoms with E-state index in [0.29, 0.717) is 17.4 Å². The van der Waals surface area contributed by atoms with Gasteiger partial charge in [0.05, 0.1) is 11.1 Å². The van der Waals surface area contributed by atoms with Gasteiger partial charge in [-0.05, 0) is 25.7 Å². The van der Waals surface area contributed by atoms with Gasteiger partial charge in [-0.2, -0.15) is 5.26 Å². The molecule has 0 radical (unpaired) electrons. The number of aryl methyl sites for hydroxylation is 1. The molecule has 3 heterocycles. The molecule has 2 aromatic heterocycles. The van der Waals surface area contributed by atoms with Crippen molar-refractivity contribution in [3.63, 3.8) is 0 Å². The van der Waals surface area contributed by atoms with Gasteiger partial charge in [-0.15, -0.1) is 21.5 Å². The fourth-order valence-electron chi connectivity index (χ4n) is 3.02. The number of carbonyl (C=O) groups is 1. The molecule has 6 nitrogen and oxygen atoms in total. The van der Waals surface area contributed by atoms with E-state index >= 15 is 0 Å². The summed E-state index contributed by atoms with van der Waals surface area (Å²) in [7, 11) is 0. The summed E-state index contributed by atoms with van der Waals surface area (Å²) in [4.78, 5) is 17.2. The zero-order valence-electron chi connectivity index (χ0n) is 12.7. The van der Waals surface area contributed by atoms with Crippen molar-refractivity contribution in [2.24, 2.45) is 0 Å². The number of Topliss-reactive ketones (excluding diaryl/α,β-unsaturated/α-hetero) is 1. The van der Waals surface area contributed by atoms with Crippen LogP contribution in [0.2, 0.25) is 0 Å². The Balaban J connectivity index is 1.64. The van der Waals surface area contributed by atoms with Gasteiger partial charge in [0.1, 0.15) is 11.5 Å². The Morgan fingerprint density at radius 1 is 1.35 bits per heavy atom. The van der Waals surface area contributed by atoms with Crippen LogP contribution in [0.5, 0.6) is 0 Å². The summed E-state index contributed by atoms with van der Waals surface area (Å²) >= 11 is 1.52. The Hall–Kier alpha value is -2.07. The SMILES string of the molecule is N#C[C@H](C(=O)c1csc(C2CC2)n1)c1nnc2n1CCCCC2. The second-order valence-corrected chi connectivity index (χ2v) is 7.10. The number of ketones is 1. The van der Waals surface area contributed by atoms with Crippen LogP contribution >= 0.6 is 11.3 Å². The van der Waals surface area contributed by atoms with E-state index in [0.717, 1.165) is 55.9 Å². The molecule has 1 atom stereocenters. The van der Waals surface area contributed by atoms with E-state index in [2.05, 4.69) is 21.3 Å². The van der Waals surface area contributed by atoms with Crippen LogP contribution in [0.3, 0.4) is 0 Å². The number of rotatable bonds is 4. The molecule has 7 heteroatoms. The summed E-state index contributed by atoms with van der Waals surface area (Å²) in [5, 5.41) is 20.7. The van der Waals surface area contributed by atoms with Crippen LogP contribution in [0.4, 0.5) is 0 Å². The molecule has 0 aromatic carbocycles. The molecule has 4 rings (SSSR count). The summed E-state index contributed by atoms with van der Waals surface area (Å²) in [5.41, 5.74) is 0.398. The van der Waals surface area contributed by atoms with E-state index in [-0.39, 0.29) is 5.78 Å². The lowest BCUT2D eigenvalue weighted by atomic mass is 10.0. The second kappa shape index (κ2) is 5.85. The minimum Gasteiger partial charge on any atom is -0.313 e. The van der Waals surface area contributed by atoms with Crippen LogP contribution in [0, 0.1) is 11.3 Å². The van der Waals surface area contributed by atoms with E-state index in [9.17, 15) is 10.1 Å². The van der Waals surface area contributed by atoms with E-state index in [1.807, 2.05) is 4.57 Å². The Kier molecular flexibility index (Phi) is 3.69. The molecule has 0 spiro atoms. The molecule has 0 bridgehead atoms. The number of hydrogen-bond donors (Lipinski definition) is 0. The average Bonchev–Trinajstić information content (AvgIpc) is 3.25. The number of carbonyl (C=O) groups excluding carboxylic acids is 1. The molecular formula is C16H17N5OS. The second-order valence-electron chi connectivity index (χ2n) is 6.21. The maximum absolute atomic E-state index is 12.7. The first-order valence-corrected chi connectivity index (χ1v) is 8.97. The number of nitrogens with zero attached hydrogens (tertiary/aromatic N) is 5. The summed E-state index contributed by atoms with van der Waals surface area (Å²) in [6.45, 7) is 0.785. The Bertz CT molecular complexity index is 783. The first-order chi connectivity index (χ1) is 11.3. The summed E-state index contributed by atoms with van der Waals surface area (Å²) < 4.78 is 1.97. The lowest BCUT2D eigenvalue weighted by Gasteiger charge is -2.09. The van der Waals surface area contributed by atoms with E-state index in [4.69, 9.17) is 0 Å². The van der Waals surface area contributed by atoms with Gasteiger partial charge in [0.15, 0.2) is 11.7 Å². The number of aromatic nitrogens is 4. The molecule has 2 aliphatic rings. The summed E-state index contributed by atoms with van der Waals surface area (Å²) in [6.07, 6.45) is 6.43. The third-order valence-corrected chi connectivity index (χ3v) is 5.50. The molecular weight excluding hydrogens is 310 g/mol. The van der Waals surface area contributed by atoms with E-state index in [1.165, 1.54) is 11.3 Å². The van der Waals surface area contributed by atoms with Gasteiger partial charge >= 0.3 is 0 Å². The molecule has 1 aliphatic heterocycles. The van der Waals surface area contributed by atoms with Crippen LogP contribution in [-0.4, -0.2) is 25.5 Å². The minimum atomic E-state index is -0.913. The van der Waals surface area contributed by atoms with Crippen molar-refractivity contribution >= 4 is 17.1 Å². The van der Waals surface area contributed by atoms with Crippen LogP contribution in [0.1, 0.15) is 71.1 Å². The third-order valence-electron chi connectivity index (χ3n) is 4.49. The number of hydrogen-bond acceptors (Lipinski definition) is 6. The fraction of sp³-hybridized carbons (Fsp3) is 0.562. The fourth-order valence-corrected chi connectivity index (χ4v) is 4.00. The highest BCUT2D eigenvalue weighted by Gasteiger charge is 2.32. The molecule has 0 amide bonds. The Labute approximate surface area is 138 Å². The quantitative estimate of drug-likeness (QED) is 0.806. The molecule has 1 aliphatic carbocycles. The molecule has 2 aromatic rings. The van der Waals surface area contributed by atoms with Gasteiger partial charge in [-0.1, -0.05) is 6.42 Å². The van der Waals surface area contributed by atoms with Crippen LogP contribution in [0.25, 0.3) is 0 Å². The van der Waals surface area contributed by atoms with Gasteiger partial charge in [0.25, 0.3) is 0 Å². The average molecular weight is 327 g/mol. The summed E-state index contributed by atoms with van der Waals surface area (Å²) in [6, 6.07) is 2.12. The first-order valence-electron chi connectivity index (χ1n) is 8.09. The molecule has 0 N–H and O–H groups in total. The van der Waals surface area contributed by atoms with Crippen molar-refractivity contribution in [3.8, 4) is 6.07 Å². The highest BCUT2D eigenvalue weighted by Crippen LogP contribution is 2.41. The third kappa shape index (κ3) is 2.68. The predicted molar refractivity (Wildman–Crippen MR) is 84.4 cm³/mol. The zero-order valence-corrected chi connectivity index (χ0v) is 13.6. The standard InChI is InChI=1S/C16H17N5OS/c17-8-11(14(22)12-9-23-16(18-12)10-5-6-10)15-20-19-13-4-2-1-3-7-21(13)15/h9-11H,1-7H2/t11-/m1/s1. The van der Waals surface area contributed by atoms with E-state index < -0.39 is 5.92 Å². The Morgan fingerprint density at radius 3 is 3.00 bits per heavy atom. The van der Waals surface area contributed by atoms with Crippen molar-refractivity contribution in [1.82, 2.24) is 19.7 Å². The topological polar surface area (TPSA) is 84.5 Å². The van der Waals surface area contributed by atoms with Crippen molar-refractivity contribution < 1.29 is 4.79 Å². The van der Waals surface area contributed by atoms with Gasteiger partial charge < -0.3 is 4.57 Å². The van der Waals surface area contributed by atoms with Crippen molar-refractivity contribution in [2.75, 3.05) is 0 Å². The molecule has 118 valence electrons. The van der Waals surface area contributed by atoms with E-state index in [1.54, 1.807) is 5.38 Å². The largest absolute Gasteiger partial charge is 0.313 e. The van der Waals surface area contributed by atoms with Gasteiger partial charge in [-0.25, -0.2) is 4.98 Å². The highest BCUT2D eigenvalue weighted by atomic mass is 32.1. The highest BCUT2D eigenvalue weighted by molar-refractivity contribution is 7.10. The lowest BCUT2D eigenvalue weighted by Crippen LogP contribution is -2.18. The molecule has 23 heavy (non-hydrogen) atoms. The van der Waals surface area contributed by atoms with Crippen LogP contribution in [-0.2, 0) is 13.0 Å². The minimum absolute atomic E-state index is 0.255. The van der Waals surface area contributed by atoms with Crippen LogP contribution in [0.15, 0.2) is 5.38 Å². The van der Waals surface area contributed by atoms with Gasteiger partial charge in [-0.3, -0.25) is 4.79 Å². The Morgan fingerprint density at radius 2 is 2.22 bits per heavy atom. The lowest BCUT2D eigenvalue weighted by molar-refractivity contribution is 0.0970. The molecule has 0 saturated heterocycles. The number of fused-ring (bicyclic) bond motifs is 1. The molecule has 1 saturated carbocycles. The van der Waals surface area contributed by atoms with Crippen molar-refractivity contribution in [1.29, 1.82) is 5.26 Å². The smallest absolute Gasteiger partial charge is 0.206 e. The predicted octanol–water partition coefficient (Wildman–Crippen LogP) is 2.83. The van der Waals surface area contributed by atoms with Crippen molar-refractivity contribution in [3.05, 3.63) is 27.7 Å². The van der Waals surface area contributed by atoms with Gasteiger partial charge in [0.2, 0.25) is 5.78 Å². The summed E-state index contributed by atoms with van der Waals surface area (Å²) in [5.74, 6) is 0.725. The van der Waals surface area contributed by atoms with Crippen molar-refractivity contribution in [2.45, 2.75) is 56.9 Å². The normalized spacial score (nSPS) is 18.7. The maximum atomic E-state index is 12.7. The molecule has 0 unspecified atom stereocenters. The maximum Gasteiger partial charge on any atom is 0.206 e. The first kappa shape index (κ1) is 14.5. The van der Waals surface area contributed by atoms with Crippen LogP contribution < -0.4 is 0 Å². The number of thiazole rings is 1. The monoisotopic (exact) mass is 327 g/mol. The zero-order chi connectivity index (χ0) is 15.8.